The number of aromatic nitrogens is 3. The van der Waals surface area contributed by atoms with E-state index in [1.807, 2.05) is 13.8 Å². The smallest absolute Gasteiger partial charge is 0.229 e. The first-order valence-electron chi connectivity index (χ1n) is 6.51. The Labute approximate surface area is 111 Å². The largest absolute Gasteiger partial charge is 0.343 e. The summed E-state index contributed by atoms with van der Waals surface area (Å²) in [6, 6.07) is 0. The summed E-state index contributed by atoms with van der Waals surface area (Å²) in [6.07, 6.45) is 2.42. The van der Waals surface area contributed by atoms with Gasteiger partial charge in [0.15, 0.2) is 0 Å². The van der Waals surface area contributed by atoms with E-state index in [4.69, 9.17) is 0 Å². The van der Waals surface area contributed by atoms with Gasteiger partial charge < -0.3 is 10.3 Å². The molecule has 0 bridgehead atoms. The van der Waals surface area contributed by atoms with E-state index in [9.17, 15) is 4.79 Å². The zero-order chi connectivity index (χ0) is 13.8. The molecule has 2 heterocycles. The van der Waals surface area contributed by atoms with Gasteiger partial charge in [0.2, 0.25) is 5.91 Å². The minimum atomic E-state index is 0.0586. The maximum Gasteiger partial charge on any atom is 0.229 e. The summed E-state index contributed by atoms with van der Waals surface area (Å²) in [6.45, 7) is 8.22. The second kappa shape index (κ2) is 3.79. The Morgan fingerprint density at radius 2 is 2.11 bits per heavy atom. The molecular weight excluding hydrogens is 240 g/mol. The molecule has 100 valence electrons. The van der Waals surface area contributed by atoms with Crippen LogP contribution in [0.1, 0.15) is 31.5 Å². The van der Waals surface area contributed by atoms with Crippen LogP contribution in [0.3, 0.4) is 0 Å². The zero-order valence-corrected chi connectivity index (χ0v) is 11.7. The monoisotopic (exact) mass is 258 g/mol. The van der Waals surface area contributed by atoms with Gasteiger partial charge in [-0.3, -0.25) is 4.79 Å². The molecule has 1 aliphatic rings. The molecule has 0 radical (unpaired) electrons. The minimum Gasteiger partial charge on any atom is -0.343 e. The molecule has 2 N–H and O–H groups in total. The highest BCUT2D eigenvalue weighted by Gasteiger charge is 2.50. The molecule has 19 heavy (non-hydrogen) atoms. The third-order valence-electron chi connectivity index (χ3n) is 4.16. The number of aromatic amines is 1. The van der Waals surface area contributed by atoms with Gasteiger partial charge in [-0.2, -0.15) is 0 Å². The quantitative estimate of drug-likeness (QED) is 0.869. The Hall–Kier alpha value is -1.91. The predicted octanol–water partition coefficient (Wildman–Crippen LogP) is 2.56. The van der Waals surface area contributed by atoms with Crippen LogP contribution in [0, 0.1) is 25.2 Å². The zero-order valence-electron chi connectivity index (χ0n) is 11.7. The van der Waals surface area contributed by atoms with E-state index >= 15 is 0 Å². The van der Waals surface area contributed by atoms with Crippen LogP contribution in [0.4, 0.5) is 5.82 Å². The molecule has 1 saturated carbocycles. The first-order valence-corrected chi connectivity index (χ1v) is 6.51. The molecule has 3 rings (SSSR count). The van der Waals surface area contributed by atoms with E-state index in [0.29, 0.717) is 5.82 Å². The maximum absolute atomic E-state index is 12.2. The molecule has 1 atom stereocenters. The highest BCUT2D eigenvalue weighted by atomic mass is 16.2. The van der Waals surface area contributed by atoms with Gasteiger partial charge >= 0.3 is 0 Å². The average Bonchev–Trinajstić information content (AvgIpc) is 2.87. The number of hydrogen-bond acceptors (Lipinski definition) is 3. The van der Waals surface area contributed by atoms with Crippen LogP contribution < -0.4 is 5.32 Å². The van der Waals surface area contributed by atoms with Crippen molar-refractivity contribution in [3.05, 3.63) is 17.6 Å². The average molecular weight is 258 g/mol. The number of carbonyl (C=O) groups excluding carboxylic acids is 1. The summed E-state index contributed by atoms with van der Waals surface area (Å²) in [5, 5.41) is 3.86. The lowest BCUT2D eigenvalue weighted by Crippen LogP contribution is -2.17. The van der Waals surface area contributed by atoms with Crippen molar-refractivity contribution >= 4 is 22.8 Å². The highest BCUT2D eigenvalue weighted by Crippen LogP contribution is 2.52. The number of fused-ring (bicyclic) bond motifs is 1. The lowest BCUT2D eigenvalue weighted by Gasteiger charge is -2.07. The molecular formula is C14H18N4O. The number of anilines is 1. The summed E-state index contributed by atoms with van der Waals surface area (Å²) in [4.78, 5) is 23.8. The van der Waals surface area contributed by atoms with Crippen LogP contribution in [0.2, 0.25) is 0 Å². The topological polar surface area (TPSA) is 70.7 Å². The van der Waals surface area contributed by atoms with Crippen molar-refractivity contribution in [3.63, 3.8) is 0 Å². The normalized spacial score (nSPS) is 20.5. The summed E-state index contributed by atoms with van der Waals surface area (Å²) in [5.41, 5.74) is 3.04. The van der Waals surface area contributed by atoms with Crippen LogP contribution in [0.15, 0.2) is 6.33 Å². The molecule has 0 unspecified atom stereocenters. The van der Waals surface area contributed by atoms with Crippen LogP contribution >= 0.6 is 0 Å². The van der Waals surface area contributed by atoms with Crippen molar-refractivity contribution in [3.8, 4) is 0 Å². The van der Waals surface area contributed by atoms with E-state index in [1.54, 1.807) is 0 Å². The van der Waals surface area contributed by atoms with Gasteiger partial charge in [0.25, 0.3) is 0 Å². The van der Waals surface area contributed by atoms with Gasteiger partial charge in [-0.15, -0.1) is 0 Å². The number of nitrogens with one attached hydrogen (secondary N) is 2. The molecule has 2 aromatic rings. The molecule has 2 aromatic heterocycles. The Morgan fingerprint density at radius 3 is 2.74 bits per heavy atom. The maximum atomic E-state index is 12.2. The van der Waals surface area contributed by atoms with Gasteiger partial charge in [-0.05, 0) is 31.2 Å². The molecule has 5 heteroatoms. The van der Waals surface area contributed by atoms with Gasteiger partial charge in [0, 0.05) is 11.6 Å². The minimum absolute atomic E-state index is 0.0586. The van der Waals surface area contributed by atoms with Crippen molar-refractivity contribution in [1.82, 2.24) is 15.0 Å². The summed E-state index contributed by atoms with van der Waals surface area (Å²) in [5.74, 6) is 0.765. The Kier molecular flexibility index (Phi) is 2.42. The number of amides is 1. The molecule has 0 spiro atoms. The standard InChI is InChI=1S/C14H18N4O/c1-7-8(2)17-11-10(7)12(16-6-15-11)18-13(19)9-5-14(9,3)4/h6,9H,5H2,1-4H3,(H2,15,16,17,18,19)/t9-/m1/s1. The first kappa shape index (κ1) is 12.1. The SMILES string of the molecule is Cc1[nH]c2ncnc(NC(=O)[C@H]3CC3(C)C)c2c1C. The number of aryl methyl sites for hydroxylation is 2. The van der Waals surface area contributed by atoms with Gasteiger partial charge in [0.1, 0.15) is 17.8 Å². The van der Waals surface area contributed by atoms with Crippen LogP contribution in [-0.2, 0) is 4.79 Å². The van der Waals surface area contributed by atoms with Crippen molar-refractivity contribution in [2.24, 2.45) is 11.3 Å². The van der Waals surface area contributed by atoms with E-state index in [2.05, 4.69) is 34.1 Å². The van der Waals surface area contributed by atoms with E-state index in [0.717, 1.165) is 28.7 Å². The van der Waals surface area contributed by atoms with Crippen LogP contribution in [-0.4, -0.2) is 20.9 Å². The molecule has 1 amide bonds. The molecule has 0 saturated heterocycles. The van der Waals surface area contributed by atoms with Crippen LogP contribution in [0.5, 0.6) is 0 Å². The Bertz CT molecular complexity index is 671. The van der Waals surface area contributed by atoms with Crippen molar-refractivity contribution in [2.75, 3.05) is 5.32 Å². The lowest BCUT2D eigenvalue weighted by molar-refractivity contribution is -0.118. The number of nitrogens with zero attached hydrogens (tertiary/aromatic N) is 2. The highest BCUT2D eigenvalue weighted by molar-refractivity contribution is 6.02. The fraction of sp³-hybridized carbons (Fsp3) is 0.500. The third kappa shape index (κ3) is 1.89. The second-order valence-electron chi connectivity index (χ2n) is 6.06. The van der Waals surface area contributed by atoms with Gasteiger partial charge in [-0.1, -0.05) is 13.8 Å². The van der Waals surface area contributed by atoms with Gasteiger partial charge in [0.05, 0.1) is 5.39 Å². The second-order valence-corrected chi connectivity index (χ2v) is 6.06. The molecule has 1 aliphatic carbocycles. The molecule has 5 nitrogen and oxygen atoms in total. The lowest BCUT2D eigenvalue weighted by atomic mass is 10.1. The molecule has 0 aromatic carbocycles. The number of rotatable bonds is 2. The number of carbonyl (C=O) groups is 1. The summed E-state index contributed by atoms with van der Waals surface area (Å²) in [7, 11) is 0. The fourth-order valence-electron chi connectivity index (χ4n) is 2.51. The van der Waals surface area contributed by atoms with E-state index in [-0.39, 0.29) is 17.2 Å². The molecule has 0 aliphatic heterocycles. The first-order chi connectivity index (χ1) is 8.90. The fourth-order valence-corrected chi connectivity index (χ4v) is 2.51. The van der Waals surface area contributed by atoms with Gasteiger partial charge in [-0.25, -0.2) is 9.97 Å². The van der Waals surface area contributed by atoms with Crippen molar-refractivity contribution in [2.45, 2.75) is 34.1 Å². The third-order valence-corrected chi connectivity index (χ3v) is 4.16. The van der Waals surface area contributed by atoms with Crippen molar-refractivity contribution < 1.29 is 4.79 Å². The summed E-state index contributed by atoms with van der Waals surface area (Å²) >= 11 is 0. The van der Waals surface area contributed by atoms with E-state index < -0.39 is 0 Å². The van der Waals surface area contributed by atoms with Crippen molar-refractivity contribution in [1.29, 1.82) is 0 Å². The predicted molar refractivity (Wildman–Crippen MR) is 73.9 cm³/mol. The number of hydrogen-bond donors (Lipinski definition) is 2. The molecule has 1 fully saturated rings. The Balaban J connectivity index is 1.95. The van der Waals surface area contributed by atoms with Crippen LogP contribution in [0.25, 0.3) is 11.0 Å². The van der Waals surface area contributed by atoms with E-state index in [1.165, 1.54) is 6.33 Å². The Morgan fingerprint density at radius 1 is 1.42 bits per heavy atom. The summed E-state index contributed by atoms with van der Waals surface area (Å²) < 4.78 is 0. The number of H-pyrrole nitrogens is 1.